The van der Waals surface area contributed by atoms with Crippen LogP contribution in [0, 0.1) is 5.82 Å². The lowest BCUT2D eigenvalue weighted by Crippen LogP contribution is -2.23. The quantitative estimate of drug-likeness (QED) is 0.795. The van der Waals surface area contributed by atoms with E-state index in [0.29, 0.717) is 13.2 Å². The predicted molar refractivity (Wildman–Crippen MR) is 86.6 cm³/mol. The largest absolute Gasteiger partial charge is 0.368 e. The first kappa shape index (κ1) is 16.1. The number of nitrogens with one attached hydrogen (secondary N) is 1. The van der Waals surface area contributed by atoms with Crippen LogP contribution in [-0.4, -0.2) is 13.1 Å². The summed E-state index contributed by atoms with van der Waals surface area (Å²) in [5.74, 6) is -0.235. The van der Waals surface area contributed by atoms with Gasteiger partial charge in [-0.15, -0.1) is 0 Å². The van der Waals surface area contributed by atoms with E-state index >= 15 is 0 Å². The van der Waals surface area contributed by atoms with E-state index in [2.05, 4.69) is 21.2 Å². The van der Waals surface area contributed by atoms with E-state index < -0.39 is 0 Å². The van der Waals surface area contributed by atoms with Gasteiger partial charge in [-0.2, -0.15) is 0 Å². The second-order valence-corrected chi connectivity index (χ2v) is 5.70. The van der Waals surface area contributed by atoms with Crippen molar-refractivity contribution in [3.8, 4) is 0 Å². The Morgan fingerprint density at radius 3 is 2.62 bits per heavy atom. The van der Waals surface area contributed by atoms with E-state index in [1.54, 1.807) is 6.07 Å². The van der Waals surface area contributed by atoms with Crippen LogP contribution in [0.4, 0.5) is 4.39 Å². The first-order valence-corrected chi connectivity index (χ1v) is 7.80. The summed E-state index contributed by atoms with van der Waals surface area (Å²) >= 11 is 3.41. The maximum Gasteiger partial charge on any atom is 0.123 e. The van der Waals surface area contributed by atoms with Crippen molar-refractivity contribution in [1.29, 1.82) is 0 Å². The van der Waals surface area contributed by atoms with Crippen molar-refractivity contribution >= 4 is 15.9 Å². The Morgan fingerprint density at radius 2 is 1.95 bits per heavy atom. The highest BCUT2D eigenvalue weighted by molar-refractivity contribution is 9.10. The van der Waals surface area contributed by atoms with E-state index in [0.717, 1.165) is 22.1 Å². The monoisotopic (exact) mass is 351 g/mol. The molecule has 0 heterocycles. The van der Waals surface area contributed by atoms with Crippen LogP contribution < -0.4 is 5.32 Å². The number of halogens is 2. The summed E-state index contributed by atoms with van der Waals surface area (Å²) < 4.78 is 20.4. The summed E-state index contributed by atoms with van der Waals surface area (Å²) in [6.07, 6.45) is -0.163. The Labute approximate surface area is 133 Å². The number of hydrogen-bond acceptors (Lipinski definition) is 2. The number of benzene rings is 2. The zero-order valence-electron chi connectivity index (χ0n) is 12.0. The summed E-state index contributed by atoms with van der Waals surface area (Å²) in [5, 5.41) is 3.26. The molecule has 0 aliphatic rings. The summed E-state index contributed by atoms with van der Waals surface area (Å²) in [7, 11) is 0. The van der Waals surface area contributed by atoms with Crippen LogP contribution in [0.1, 0.15) is 24.2 Å². The Kier molecular flexibility index (Phi) is 6.36. The molecule has 1 N–H and O–H groups in total. The molecular weight excluding hydrogens is 333 g/mol. The number of ether oxygens (including phenoxy) is 1. The van der Waals surface area contributed by atoms with Crippen molar-refractivity contribution in [2.75, 3.05) is 13.1 Å². The molecule has 112 valence electrons. The molecule has 2 rings (SSSR count). The van der Waals surface area contributed by atoms with Crippen molar-refractivity contribution in [1.82, 2.24) is 5.32 Å². The molecule has 2 nitrogen and oxygen atoms in total. The lowest BCUT2D eigenvalue weighted by Gasteiger charge is -2.19. The average Bonchev–Trinajstić information content (AvgIpc) is 2.49. The molecule has 2 aromatic carbocycles. The van der Waals surface area contributed by atoms with Crippen molar-refractivity contribution in [2.24, 2.45) is 0 Å². The van der Waals surface area contributed by atoms with Crippen molar-refractivity contribution in [2.45, 2.75) is 19.6 Å². The summed E-state index contributed by atoms with van der Waals surface area (Å²) in [5.41, 5.74) is 1.95. The topological polar surface area (TPSA) is 21.3 Å². The molecule has 1 atom stereocenters. The van der Waals surface area contributed by atoms with Crippen LogP contribution in [0.25, 0.3) is 0 Å². The Balaban J connectivity index is 2.04. The molecule has 0 spiro atoms. The van der Waals surface area contributed by atoms with Crippen LogP contribution in [0.5, 0.6) is 0 Å². The lowest BCUT2D eigenvalue weighted by atomic mass is 10.1. The molecule has 0 saturated heterocycles. The highest BCUT2D eigenvalue weighted by atomic mass is 79.9. The van der Waals surface area contributed by atoms with Gasteiger partial charge < -0.3 is 10.1 Å². The predicted octanol–water partition coefficient (Wildman–Crippen LogP) is 4.46. The van der Waals surface area contributed by atoms with Gasteiger partial charge in [-0.1, -0.05) is 47.1 Å². The summed E-state index contributed by atoms with van der Waals surface area (Å²) in [4.78, 5) is 0. The minimum absolute atomic E-state index is 0.163. The second-order valence-electron chi connectivity index (χ2n) is 4.79. The van der Waals surface area contributed by atoms with E-state index in [-0.39, 0.29) is 11.9 Å². The van der Waals surface area contributed by atoms with Gasteiger partial charge in [-0.25, -0.2) is 4.39 Å². The molecule has 0 bridgehead atoms. The van der Waals surface area contributed by atoms with Gasteiger partial charge in [0.1, 0.15) is 5.82 Å². The number of hydrogen-bond donors (Lipinski definition) is 1. The molecule has 0 saturated carbocycles. The van der Waals surface area contributed by atoms with E-state index in [1.165, 1.54) is 12.1 Å². The zero-order valence-corrected chi connectivity index (χ0v) is 13.6. The van der Waals surface area contributed by atoms with Crippen LogP contribution in [0.15, 0.2) is 53.0 Å². The first-order chi connectivity index (χ1) is 10.2. The van der Waals surface area contributed by atoms with Crippen molar-refractivity contribution in [3.05, 3.63) is 69.9 Å². The Hall–Kier alpha value is -1.23. The van der Waals surface area contributed by atoms with Gasteiger partial charge in [-0.3, -0.25) is 0 Å². The molecule has 0 fully saturated rings. The SMILES string of the molecule is CCNCC(OCc1ccc(Br)cc1)c1cccc(F)c1. The zero-order chi connectivity index (χ0) is 15.1. The van der Waals surface area contributed by atoms with Gasteiger partial charge in [0.05, 0.1) is 12.7 Å². The molecule has 4 heteroatoms. The van der Waals surface area contributed by atoms with E-state index in [4.69, 9.17) is 4.74 Å². The van der Waals surface area contributed by atoms with Crippen LogP contribution in [0.2, 0.25) is 0 Å². The fraction of sp³-hybridized carbons (Fsp3) is 0.294. The third-order valence-corrected chi connectivity index (χ3v) is 3.69. The number of likely N-dealkylation sites (N-methyl/N-ethyl adjacent to an activating group) is 1. The highest BCUT2D eigenvalue weighted by Gasteiger charge is 2.12. The molecule has 0 amide bonds. The molecule has 1 unspecified atom stereocenters. The minimum Gasteiger partial charge on any atom is -0.368 e. The maximum atomic E-state index is 13.4. The molecular formula is C17H19BrFNO. The third-order valence-electron chi connectivity index (χ3n) is 3.16. The number of rotatable bonds is 7. The van der Waals surface area contributed by atoms with Gasteiger partial charge in [0, 0.05) is 11.0 Å². The van der Waals surface area contributed by atoms with Gasteiger partial charge in [0.15, 0.2) is 0 Å². The van der Waals surface area contributed by atoms with E-state index in [9.17, 15) is 4.39 Å². The third kappa shape index (κ3) is 5.23. The van der Waals surface area contributed by atoms with Crippen LogP contribution in [-0.2, 0) is 11.3 Å². The van der Waals surface area contributed by atoms with Crippen molar-refractivity contribution < 1.29 is 9.13 Å². The van der Waals surface area contributed by atoms with Gasteiger partial charge in [0.2, 0.25) is 0 Å². The fourth-order valence-electron chi connectivity index (χ4n) is 2.03. The van der Waals surface area contributed by atoms with Gasteiger partial charge in [0.25, 0.3) is 0 Å². The summed E-state index contributed by atoms with van der Waals surface area (Å²) in [6.45, 7) is 4.06. The van der Waals surface area contributed by atoms with Gasteiger partial charge in [-0.05, 0) is 41.9 Å². The molecule has 21 heavy (non-hydrogen) atoms. The minimum atomic E-state index is -0.235. The molecule has 0 radical (unpaired) electrons. The lowest BCUT2D eigenvalue weighted by molar-refractivity contribution is 0.0400. The molecule has 0 aliphatic carbocycles. The molecule has 0 aromatic heterocycles. The van der Waals surface area contributed by atoms with Crippen molar-refractivity contribution in [3.63, 3.8) is 0 Å². The molecule has 2 aromatic rings. The standard InChI is InChI=1S/C17H19BrFNO/c1-2-20-11-17(14-4-3-5-16(19)10-14)21-12-13-6-8-15(18)9-7-13/h3-10,17,20H,2,11-12H2,1H3. The highest BCUT2D eigenvalue weighted by Crippen LogP contribution is 2.20. The maximum absolute atomic E-state index is 13.4. The fourth-order valence-corrected chi connectivity index (χ4v) is 2.30. The van der Waals surface area contributed by atoms with E-state index in [1.807, 2.05) is 37.3 Å². The Morgan fingerprint density at radius 1 is 1.19 bits per heavy atom. The van der Waals surface area contributed by atoms with Crippen LogP contribution >= 0.6 is 15.9 Å². The first-order valence-electron chi connectivity index (χ1n) is 7.01. The Bertz CT molecular complexity index is 559. The smallest absolute Gasteiger partial charge is 0.123 e. The summed E-state index contributed by atoms with van der Waals surface area (Å²) in [6, 6.07) is 14.6. The average molecular weight is 352 g/mol. The molecule has 0 aliphatic heterocycles. The second kappa shape index (κ2) is 8.27. The van der Waals surface area contributed by atoms with Gasteiger partial charge >= 0.3 is 0 Å². The van der Waals surface area contributed by atoms with Crippen LogP contribution in [0.3, 0.4) is 0 Å². The normalized spacial score (nSPS) is 12.3.